The van der Waals surface area contributed by atoms with Crippen LogP contribution >= 0.6 is 0 Å². The number of fused-ring (bicyclic) bond motifs is 1. The first-order chi connectivity index (χ1) is 12.2. The molecule has 0 unspecified atom stereocenters. The molecule has 2 N–H and O–H groups in total. The summed E-state index contributed by atoms with van der Waals surface area (Å²) < 4.78 is 0. The SMILES string of the molecule is O=C1CN(Cc2ccc3cncc(-c4ccc(O)cc4)c3c2)CCN1. The van der Waals surface area contributed by atoms with Crippen molar-refractivity contribution < 1.29 is 9.90 Å². The van der Waals surface area contributed by atoms with Gasteiger partial charge in [-0.1, -0.05) is 24.3 Å². The number of aromatic nitrogens is 1. The first-order valence-corrected chi connectivity index (χ1v) is 8.34. The van der Waals surface area contributed by atoms with E-state index in [2.05, 4.69) is 33.4 Å². The molecular formula is C20H19N3O2. The fourth-order valence-electron chi connectivity index (χ4n) is 3.26. The van der Waals surface area contributed by atoms with Crippen molar-refractivity contribution in [3.63, 3.8) is 0 Å². The molecule has 4 rings (SSSR count). The summed E-state index contributed by atoms with van der Waals surface area (Å²) in [5.74, 6) is 0.335. The summed E-state index contributed by atoms with van der Waals surface area (Å²) in [4.78, 5) is 18.1. The average molecular weight is 333 g/mol. The van der Waals surface area contributed by atoms with E-state index >= 15 is 0 Å². The first-order valence-electron chi connectivity index (χ1n) is 8.34. The quantitative estimate of drug-likeness (QED) is 0.773. The Morgan fingerprint density at radius 1 is 1.12 bits per heavy atom. The van der Waals surface area contributed by atoms with Crippen molar-refractivity contribution in [3.8, 4) is 16.9 Å². The number of carbonyl (C=O) groups is 1. The standard InChI is InChI=1S/C20H19N3O2/c24-17-5-3-15(4-6-17)19-11-21-10-16-2-1-14(9-18(16)19)12-23-8-7-22-20(25)13-23/h1-6,9-11,24H,7-8,12-13H2,(H,22,25). The lowest BCUT2D eigenvalue weighted by atomic mass is 9.99. The van der Waals surface area contributed by atoms with Crippen LogP contribution in [0.15, 0.2) is 54.9 Å². The lowest BCUT2D eigenvalue weighted by Gasteiger charge is -2.26. The zero-order valence-electron chi connectivity index (χ0n) is 13.8. The molecule has 5 heteroatoms. The van der Waals surface area contributed by atoms with Gasteiger partial charge in [-0.3, -0.25) is 14.7 Å². The molecule has 3 aromatic rings. The largest absolute Gasteiger partial charge is 0.508 e. The molecule has 0 aliphatic carbocycles. The maximum absolute atomic E-state index is 11.6. The maximum Gasteiger partial charge on any atom is 0.234 e. The van der Waals surface area contributed by atoms with Gasteiger partial charge in [0.25, 0.3) is 0 Å². The third-order valence-corrected chi connectivity index (χ3v) is 4.53. The summed E-state index contributed by atoms with van der Waals surface area (Å²) in [6.07, 6.45) is 3.71. The number of hydrogen-bond donors (Lipinski definition) is 2. The number of phenolic OH excluding ortho intramolecular Hbond substituents is 1. The number of hydrogen-bond acceptors (Lipinski definition) is 4. The smallest absolute Gasteiger partial charge is 0.234 e. The third-order valence-electron chi connectivity index (χ3n) is 4.53. The zero-order valence-corrected chi connectivity index (χ0v) is 13.8. The van der Waals surface area contributed by atoms with Gasteiger partial charge in [-0.2, -0.15) is 0 Å². The highest BCUT2D eigenvalue weighted by Gasteiger charge is 2.16. The summed E-state index contributed by atoms with van der Waals surface area (Å²) in [6.45, 7) is 2.76. The van der Waals surface area contributed by atoms with Crippen LogP contribution in [-0.2, 0) is 11.3 Å². The molecule has 1 fully saturated rings. The lowest BCUT2D eigenvalue weighted by molar-refractivity contribution is -0.124. The van der Waals surface area contributed by atoms with E-state index in [1.54, 1.807) is 12.1 Å². The maximum atomic E-state index is 11.6. The number of rotatable bonds is 3. The van der Waals surface area contributed by atoms with Gasteiger partial charge in [-0.25, -0.2) is 0 Å². The van der Waals surface area contributed by atoms with Crippen molar-refractivity contribution in [2.24, 2.45) is 0 Å². The van der Waals surface area contributed by atoms with Gasteiger partial charge >= 0.3 is 0 Å². The lowest BCUT2D eigenvalue weighted by Crippen LogP contribution is -2.47. The Balaban J connectivity index is 1.70. The Bertz CT molecular complexity index is 922. The second-order valence-corrected chi connectivity index (χ2v) is 6.35. The molecule has 5 nitrogen and oxygen atoms in total. The molecule has 0 spiro atoms. The fourth-order valence-corrected chi connectivity index (χ4v) is 3.26. The zero-order chi connectivity index (χ0) is 17.2. The molecular weight excluding hydrogens is 314 g/mol. The Morgan fingerprint density at radius 3 is 2.76 bits per heavy atom. The van der Waals surface area contributed by atoms with Gasteiger partial charge in [0.1, 0.15) is 5.75 Å². The van der Waals surface area contributed by atoms with Crippen molar-refractivity contribution >= 4 is 16.7 Å². The minimum atomic E-state index is 0.0843. The molecule has 1 aliphatic heterocycles. The second-order valence-electron chi connectivity index (χ2n) is 6.35. The van der Waals surface area contributed by atoms with E-state index < -0.39 is 0 Å². The normalized spacial score (nSPS) is 15.3. The van der Waals surface area contributed by atoms with Gasteiger partial charge < -0.3 is 10.4 Å². The minimum absolute atomic E-state index is 0.0843. The van der Waals surface area contributed by atoms with Crippen LogP contribution in [0.2, 0.25) is 0 Å². The number of nitrogens with one attached hydrogen (secondary N) is 1. The molecule has 0 atom stereocenters. The Kier molecular flexibility index (Phi) is 4.07. The first kappa shape index (κ1) is 15.6. The summed E-state index contributed by atoms with van der Waals surface area (Å²) in [7, 11) is 0. The third kappa shape index (κ3) is 3.32. The van der Waals surface area contributed by atoms with E-state index in [0.717, 1.165) is 35.0 Å². The molecule has 25 heavy (non-hydrogen) atoms. The monoisotopic (exact) mass is 333 g/mol. The number of pyridine rings is 1. The van der Waals surface area contributed by atoms with Gasteiger partial charge in [-0.05, 0) is 34.7 Å². The topological polar surface area (TPSA) is 65.5 Å². The van der Waals surface area contributed by atoms with Crippen LogP contribution in [0, 0.1) is 0 Å². The molecule has 0 saturated carbocycles. The Labute approximate surface area is 145 Å². The predicted molar refractivity (Wildman–Crippen MR) is 97.1 cm³/mol. The number of amides is 1. The van der Waals surface area contributed by atoms with Crippen LogP contribution in [-0.4, -0.2) is 40.5 Å². The van der Waals surface area contributed by atoms with Gasteiger partial charge in [-0.15, -0.1) is 0 Å². The molecule has 1 saturated heterocycles. The average Bonchev–Trinajstić information content (AvgIpc) is 2.62. The summed E-state index contributed by atoms with van der Waals surface area (Å²) >= 11 is 0. The molecule has 0 radical (unpaired) electrons. The second kappa shape index (κ2) is 6.53. The van der Waals surface area contributed by atoms with E-state index in [1.165, 1.54) is 5.56 Å². The van der Waals surface area contributed by atoms with Crippen molar-refractivity contribution in [3.05, 3.63) is 60.4 Å². The number of piperazine rings is 1. The van der Waals surface area contributed by atoms with Crippen molar-refractivity contribution in [1.82, 2.24) is 15.2 Å². The summed E-state index contributed by atoms with van der Waals surface area (Å²) in [5.41, 5.74) is 3.23. The van der Waals surface area contributed by atoms with E-state index in [4.69, 9.17) is 0 Å². The van der Waals surface area contributed by atoms with E-state index in [0.29, 0.717) is 13.1 Å². The predicted octanol–water partition coefficient (Wildman–Crippen LogP) is 2.54. The van der Waals surface area contributed by atoms with Crippen LogP contribution in [0.4, 0.5) is 0 Å². The molecule has 126 valence electrons. The van der Waals surface area contributed by atoms with Gasteiger partial charge in [0.15, 0.2) is 0 Å². The molecule has 2 heterocycles. The highest BCUT2D eigenvalue weighted by molar-refractivity contribution is 5.96. The Hall–Kier alpha value is -2.92. The Morgan fingerprint density at radius 2 is 1.96 bits per heavy atom. The van der Waals surface area contributed by atoms with Gasteiger partial charge in [0.05, 0.1) is 6.54 Å². The van der Waals surface area contributed by atoms with Crippen LogP contribution in [0.1, 0.15) is 5.56 Å². The number of aromatic hydroxyl groups is 1. The number of benzene rings is 2. The fraction of sp³-hybridized carbons (Fsp3) is 0.200. The highest BCUT2D eigenvalue weighted by Crippen LogP contribution is 2.29. The van der Waals surface area contributed by atoms with Crippen LogP contribution in [0.25, 0.3) is 21.9 Å². The van der Waals surface area contributed by atoms with E-state index in [-0.39, 0.29) is 11.7 Å². The van der Waals surface area contributed by atoms with Crippen LogP contribution < -0.4 is 5.32 Å². The molecule has 1 amide bonds. The van der Waals surface area contributed by atoms with Gasteiger partial charge in [0.2, 0.25) is 5.91 Å². The molecule has 0 bridgehead atoms. The number of nitrogens with zero attached hydrogens (tertiary/aromatic N) is 2. The van der Waals surface area contributed by atoms with E-state index in [9.17, 15) is 9.90 Å². The van der Waals surface area contributed by atoms with Crippen molar-refractivity contribution in [2.75, 3.05) is 19.6 Å². The molecule has 1 aliphatic rings. The highest BCUT2D eigenvalue weighted by atomic mass is 16.3. The van der Waals surface area contributed by atoms with Gasteiger partial charge in [0, 0.05) is 43.0 Å². The van der Waals surface area contributed by atoms with Crippen molar-refractivity contribution in [1.29, 1.82) is 0 Å². The number of carbonyl (C=O) groups excluding carboxylic acids is 1. The summed E-state index contributed by atoms with van der Waals surface area (Å²) in [5, 5.41) is 14.6. The van der Waals surface area contributed by atoms with E-state index in [1.807, 2.05) is 24.5 Å². The summed E-state index contributed by atoms with van der Waals surface area (Å²) in [6, 6.07) is 13.5. The molecule has 2 aromatic carbocycles. The van der Waals surface area contributed by atoms with Crippen molar-refractivity contribution in [2.45, 2.75) is 6.54 Å². The minimum Gasteiger partial charge on any atom is -0.508 e. The van der Waals surface area contributed by atoms with Crippen LogP contribution in [0.5, 0.6) is 5.75 Å². The van der Waals surface area contributed by atoms with Crippen LogP contribution in [0.3, 0.4) is 0 Å². The molecule has 1 aromatic heterocycles. The number of phenols is 1.